The van der Waals surface area contributed by atoms with Crippen LogP contribution < -0.4 is 0 Å². The molecule has 0 amide bonds. The molecule has 0 aliphatic carbocycles. The number of piperidine rings is 1. The Morgan fingerprint density at radius 1 is 1.46 bits per heavy atom. The van der Waals surface area contributed by atoms with Crippen LogP contribution in [-0.4, -0.2) is 23.8 Å². The van der Waals surface area contributed by atoms with Gasteiger partial charge in [0.2, 0.25) is 0 Å². The Bertz CT molecular complexity index is 246. The van der Waals surface area contributed by atoms with Crippen LogP contribution in [0, 0.1) is 0 Å². The largest absolute Gasteiger partial charge is 0.352 e. The van der Waals surface area contributed by atoms with Gasteiger partial charge in [0.25, 0.3) is 0 Å². The lowest BCUT2D eigenvalue weighted by molar-refractivity contribution is -0.134. The van der Waals surface area contributed by atoms with Crippen LogP contribution in [0.1, 0.15) is 40.0 Å². The van der Waals surface area contributed by atoms with Gasteiger partial charge in [-0.15, -0.1) is 0 Å². The van der Waals surface area contributed by atoms with Crippen molar-refractivity contribution in [2.75, 3.05) is 13.2 Å². The second kappa shape index (κ2) is 3.02. The number of fused-ring (bicyclic) bond motifs is 1. The fourth-order valence-corrected chi connectivity index (χ4v) is 2.58. The molecule has 1 saturated heterocycles. The highest BCUT2D eigenvalue weighted by molar-refractivity contribution is 5.33. The Balaban J connectivity index is 2.20. The summed E-state index contributed by atoms with van der Waals surface area (Å²) in [5.74, 6) is 0. The molecule has 0 N–H and O–H groups in total. The van der Waals surface area contributed by atoms with Gasteiger partial charge in [-0.2, -0.15) is 0 Å². The van der Waals surface area contributed by atoms with Crippen LogP contribution in [0.4, 0.5) is 0 Å². The van der Waals surface area contributed by atoms with Crippen molar-refractivity contribution in [2.45, 2.75) is 45.8 Å². The van der Waals surface area contributed by atoms with Crippen LogP contribution in [0.15, 0.2) is 11.3 Å². The molecular formula is C11H19NO. The summed E-state index contributed by atoms with van der Waals surface area (Å²) in [6.07, 6.45) is 3.93. The van der Waals surface area contributed by atoms with E-state index < -0.39 is 0 Å². The zero-order valence-electron chi connectivity index (χ0n) is 8.89. The SMILES string of the molecule is CCO[C@]1(C)C(C)=C2CCCCN21. The van der Waals surface area contributed by atoms with Crippen LogP contribution in [-0.2, 0) is 4.74 Å². The molecule has 2 heteroatoms. The minimum absolute atomic E-state index is 0.0650. The summed E-state index contributed by atoms with van der Waals surface area (Å²) in [7, 11) is 0. The lowest BCUT2D eigenvalue weighted by Gasteiger charge is -2.55. The molecule has 0 aromatic carbocycles. The van der Waals surface area contributed by atoms with E-state index in [-0.39, 0.29) is 5.72 Å². The molecule has 0 aromatic heterocycles. The van der Waals surface area contributed by atoms with Crippen LogP contribution in [0.5, 0.6) is 0 Å². The molecule has 0 bridgehead atoms. The van der Waals surface area contributed by atoms with Crippen molar-refractivity contribution in [3.63, 3.8) is 0 Å². The molecule has 1 fully saturated rings. The van der Waals surface area contributed by atoms with Crippen LogP contribution in [0.2, 0.25) is 0 Å². The predicted octanol–water partition coefficient (Wildman–Crippen LogP) is 2.51. The van der Waals surface area contributed by atoms with Gasteiger partial charge in [-0.05, 0) is 45.6 Å². The molecule has 2 heterocycles. The van der Waals surface area contributed by atoms with Gasteiger partial charge < -0.3 is 9.64 Å². The Morgan fingerprint density at radius 2 is 2.23 bits per heavy atom. The molecule has 13 heavy (non-hydrogen) atoms. The first-order valence-corrected chi connectivity index (χ1v) is 5.32. The van der Waals surface area contributed by atoms with Crippen LogP contribution in [0.25, 0.3) is 0 Å². The summed E-state index contributed by atoms with van der Waals surface area (Å²) in [4.78, 5) is 2.44. The number of rotatable bonds is 2. The van der Waals surface area contributed by atoms with Gasteiger partial charge in [0, 0.05) is 18.8 Å². The minimum atomic E-state index is -0.0650. The summed E-state index contributed by atoms with van der Waals surface area (Å²) in [6, 6.07) is 0. The van der Waals surface area contributed by atoms with E-state index in [9.17, 15) is 0 Å². The zero-order chi connectivity index (χ0) is 9.47. The first-order valence-electron chi connectivity index (χ1n) is 5.32. The Labute approximate surface area is 80.6 Å². The number of hydrogen-bond acceptors (Lipinski definition) is 2. The quantitative estimate of drug-likeness (QED) is 0.649. The molecule has 2 rings (SSSR count). The fourth-order valence-electron chi connectivity index (χ4n) is 2.58. The molecule has 2 aliphatic heterocycles. The highest BCUT2D eigenvalue weighted by Gasteiger charge is 2.46. The van der Waals surface area contributed by atoms with Crippen LogP contribution in [0.3, 0.4) is 0 Å². The summed E-state index contributed by atoms with van der Waals surface area (Å²) < 4.78 is 5.82. The monoisotopic (exact) mass is 181 g/mol. The Morgan fingerprint density at radius 3 is 2.92 bits per heavy atom. The second-order valence-corrected chi connectivity index (χ2v) is 4.10. The summed E-state index contributed by atoms with van der Waals surface area (Å²) in [5, 5.41) is 0. The van der Waals surface area contributed by atoms with Crippen molar-refractivity contribution >= 4 is 0 Å². The van der Waals surface area contributed by atoms with Gasteiger partial charge in [-0.25, -0.2) is 0 Å². The average molecular weight is 181 g/mol. The van der Waals surface area contributed by atoms with Crippen molar-refractivity contribution in [1.29, 1.82) is 0 Å². The van der Waals surface area contributed by atoms with Crippen molar-refractivity contribution < 1.29 is 4.74 Å². The molecule has 2 aliphatic rings. The maximum Gasteiger partial charge on any atom is 0.161 e. The van der Waals surface area contributed by atoms with Crippen molar-refractivity contribution in [3.8, 4) is 0 Å². The lowest BCUT2D eigenvalue weighted by atomic mass is 9.85. The van der Waals surface area contributed by atoms with E-state index in [0.29, 0.717) is 0 Å². The number of nitrogens with zero attached hydrogens (tertiary/aromatic N) is 1. The van der Waals surface area contributed by atoms with Gasteiger partial charge in [0.1, 0.15) is 0 Å². The third-order valence-corrected chi connectivity index (χ3v) is 3.44. The van der Waals surface area contributed by atoms with Gasteiger partial charge in [0.05, 0.1) is 0 Å². The standard InChI is InChI=1S/C11H19NO/c1-4-13-11(3)9(2)10-7-5-6-8-12(10)11/h4-8H2,1-3H3/t11-/m1/s1. The molecule has 0 aromatic rings. The van der Waals surface area contributed by atoms with E-state index in [1.54, 1.807) is 5.70 Å². The van der Waals surface area contributed by atoms with Crippen LogP contribution >= 0.6 is 0 Å². The maximum atomic E-state index is 5.82. The normalized spacial score (nSPS) is 33.0. The van der Waals surface area contributed by atoms with Gasteiger partial charge >= 0.3 is 0 Å². The summed E-state index contributed by atoms with van der Waals surface area (Å²) in [6.45, 7) is 8.47. The summed E-state index contributed by atoms with van der Waals surface area (Å²) >= 11 is 0. The molecule has 74 valence electrons. The van der Waals surface area contributed by atoms with E-state index >= 15 is 0 Å². The van der Waals surface area contributed by atoms with E-state index in [0.717, 1.165) is 6.61 Å². The first kappa shape index (κ1) is 9.07. The zero-order valence-corrected chi connectivity index (χ0v) is 8.89. The third kappa shape index (κ3) is 1.12. The highest BCUT2D eigenvalue weighted by Crippen LogP contribution is 2.45. The number of ether oxygens (including phenoxy) is 1. The molecule has 1 atom stereocenters. The first-order chi connectivity index (χ1) is 6.20. The Kier molecular flexibility index (Phi) is 2.11. The number of allylic oxidation sites excluding steroid dienone is 1. The molecular weight excluding hydrogens is 162 g/mol. The van der Waals surface area contributed by atoms with Gasteiger partial charge in [0.15, 0.2) is 5.72 Å². The second-order valence-electron chi connectivity index (χ2n) is 4.10. The Hall–Kier alpha value is -0.500. The molecule has 2 nitrogen and oxygen atoms in total. The maximum absolute atomic E-state index is 5.82. The molecule has 0 spiro atoms. The van der Waals surface area contributed by atoms with Gasteiger partial charge in [-0.1, -0.05) is 0 Å². The van der Waals surface area contributed by atoms with E-state index in [1.165, 1.54) is 31.4 Å². The predicted molar refractivity (Wildman–Crippen MR) is 53.3 cm³/mol. The van der Waals surface area contributed by atoms with E-state index in [1.807, 2.05) is 0 Å². The third-order valence-electron chi connectivity index (χ3n) is 3.44. The molecule has 0 unspecified atom stereocenters. The number of hydrogen-bond donors (Lipinski definition) is 0. The van der Waals surface area contributed by atoms with Crippen molar-refractivity contribution in [1.82, 2.24) is 4.90 Å². The van der Waals surface area contributed by atoms with Crippen molar-refractivity contribution in [3.05, 3.63) is 11.3 Å². The lowest BCUT2D eigenvalue weighted by Crippen LogP contribution is -2.58. The minimum Gasteiger partial charge on any atom is -0.352 e. The van der Waals surface area contributed by atoms with Gasteiger partial charge in [-0.3, -0.25) is 0 Å². The molecule has 0 radical (unpaired) electrons. The van der Waals surface area contributed by atoms with E-state index in [4.69, 9.17) is 4.74 Å². The fraction of sp³-hybridized carbons (Fsp3) is 0.818. The average Bonchev–Trinajstić information content (AvgIpc) is 2.17. The summed E-state index contributed by atoms with van der Waals surface area (Å²) in [5.41, 5.74) is 2.93. The molecule has 0 saturated carbocycles. The van der Waals surface area contributed by atoms with Crippen molar-refractivity contribution in [2.24, 2.45) is 0 Å². The highest BCUT2D eigenvalue weighted by atomic mass is 16.5. The topological polar surface area (TPSA) is 12.5 Å². The smallest absolute Gasteiger partial charge is 0.161 e. The van der Waals surface area contributed by atoms with E-state index in [2.05, 4.69) is 25.7 Å².